The van der Waals surface area contributed by atoms with Crippen LogP contribution in [-0.2, 0) is 20.0 Å². The molecular formula is C21H29ClN4O4S2. The van der Waals surface area contributed by atoms with E-state index in [-0.39, 0.29) is 17.0 Å². The molecule has 0 radical (unpaired) electrons. The summed E-state index contributed by atoms with van der Waals surface area (Å²) in [5.41, 5.74) is 1.19. The van der Waals surface area contributed by atoms with Crippen LogP contribution in [0.25, 0.3) is 0 Å². The molecule has 2 aromatic rings. The lowest BCUT2D eigenvalue weighted by Gasteiger charge is -2.31. The Labute approximate surface area is 195 Å². The van der Waals surface area contributed by atoms with Crippen LogP contribution < -0.4 is 9.62 Å². The van der Waals surface area contributed by atoms with Crippen LogP contribution in [0, 0.1) is 5.92 Å². The maximum absolute atomic E-state index is 13.3. The van der Waals surface area contributed by atoms with E-state index in [9.17, 15) is 16.8 Å². The van der Waals surface area contributed by atoms with Crippen molar-refractivity contribution in [2.24, 2.45) is 5.92 Å². The van der Waals surface area contributed by atoms with E-state index in [0.717, 1.165) is 0 Å². The number of hydrogen-bond acceptors (Lipinski definition) is 6. The van der Waals surface area contributed by atoms with E-state index in [2.05, 4.69) is 10.3 Å². The third kappa shape index (κ3) is 6.12. The SMILES string of the molecule is CC(C)CN(c1cccc(Cl)c1)S(=O)(=O)c1ccc(NC2CCN(S(C)(=O)=O)CC2)cn1. The monoisotopic (exact) mass is 500 g/mol. The Hall–Kier alpha value is -1.88. The standard InChI is InChI=1S/C21H29ClN4O4S2/c1-16(2)15-26(20-6-4-5-17(22)13-20)32(29,30)21-8-7-19(14-23-21)24-18-9-11-25(12-10-18)31(3,27)28/h4-8,13-14,16,18,24H,9-12,15H2,1-3H3. The lowest BCUT2D eigenvalue weighted by Crippen LogP contribution is -2.41. The second-order valence-corrected chi connectivity index (χ2v) is 12.6. The molecule has 0 saturated carbocycles. The normalized spacial score (nSPS) is 16.3. The van der Waals surface area contributed by atoms with Crippen molar-refractivity contribution in [1.82, 2.24) is 9.29 Å². The average Bonchev–Trinajstić information content (AvgIpc) is 2.72. The first-order chi connectivity index (χ1) is 15.0. The zero-order chi connectivity index (χ0) is 23.5. The Bertz CT molecular complexity index is 1130. The molecule has 8 nitrogen and oxygen atoms in total. The third-order valence-electron chi connectivity index (χ3n) is 5.21. The van der Waals surface area contributed by atoms with Crippen molar-refractivity contribution in [2.45, 2.75) is 37.8 Å². The summed E-state index contributed by atoms with van der Waals surface area (Å²) >= 11 is 6.09. The second kappa shape index (κ2) is 9.94. The minimum absolute atomic E-state index is 0.0458. The highest BCUT2D eigenvalue weighted by atomic mass is 35.5. The molecule has 1 fully saturated rings. The molecule has 1 saturated heterocycles. The molecule has 0 atom stereocenters. The summed E-state index contributed by atoms with van der Waals surface area (Å²) in [6.45, 7) is 5.11. The van der Waals surface area contributed by atoms with Crippen LogP contribution in [0.3, 0.4) is 0 Å². The molecule has 1 N–H and O–H groups in total. The molecule has 0 unspecified atom stereocenters. The number of nitrogens with one attached hydrogen (secondary N) is 1. The van der Waals surface area contributed by atoms with Gasteiger partial charge in [-0.05, 0) is 49.1 Å². The van der Waals surface area contributed by atoms with Crippen LogP contribution in [0.4, 0.5) is 11.4 Å². The van der Waals surface area contributed by atoms with Crippen molar-refractivity contribution < 1.29 is 16.8 Å². The predicted molar refractivity (Wildman–Crippen MR) is 128 cm³/mol. The number of hydrogen-bond donors (Lipinski definition) is 1. The van der Waals surface area contributed by atoms with E-state index < -0.39 is 20.0 Å². The zero-order valence-corrected chi connectivity index (χ0v) is 20.8. The van der Waals surface area contributed by atoms with Gasteiger partial charge < -0.3 is 5.32 Å². The Balaban J connectivity index is 1.75. The summed E-state index contributed by atoms with van der Waals surface area (Å²) in [6, 6.07) is 10.0. The van der Waals surface area contributed by atoms with Gasteiger partial charge in [-0.15, -0.1) is 0 Å². The fourth-order valence-electron chi connectivity index (χ4n) is 3.60. The van der Waals surface area contributed by atoms with Crippen molar-refractivity contribution >= 4 is 43.0 Å². The van der Waals surface area contributed by atoms with E-state index in [0.29, 0.717) is 48.9 Å². The van der Waals surface area contributed by atoms with Crippen LogP contribution in [-0.4, -0.2) is 58.1 Å². The first kappa shape index (κ1) is 24.8. The number of piperidine rings is 1. The Morgan fingerprint density at radius 3 is 2.38 bits per heavy atom. The number of rotatable bonds is 8. The van der Waals surface area contributed by atoms with Crippen molar-refractivity contribution in [3.05, 3.63) is 47.6 Å². The third-order valence-corrected chi connectivity index (χ3v) is 8.46. The number of sulfonamides is 2. The van der Waals surface area contributed by atoms with Crippen LogP contribution in [0.2, 0.25) is 5.02 Å². The van der Waals surface area contributed by atoms with Crippen LogP contribution in [0.1, 0.15) is 26.7 Å². The molecule has 1 aliphatic heterocycles. The molecule has 1 aliphatic rings. The molecule has 176 valence electrons. The molecule has 1 aromatic carbocycles. The van der Waals surface area contributed by atoms with E-state index in [1.807, 2.05) is 13.8 Å². The number of pyridine rings is 1. The summed E-state index contributed by atoms with van der Waals surface area (Å²) in [5, 5.41) is 3.74. The number of benzene rings is 1. The van der Waals surface area contributed by atoms with Gasteiger partial charge in [0.1, 0.15) is 0 Å². The van der Waals surface area contributed by atoms with Gasteiger partial charge in [-0.25, -0.2) is 17.7 Å². The average molecular weight is 501 g/mol. The predicted octanol–water partition coefficient (Wildman–Crippen LogP) is 3.42. The van der Waals surface area contributed by atoms with Gasteiger partial charge >= 0.3 is 0 Å². The van der Waals surface area contributed by atoms with E-state index in [1.54, 1.807) is 30.3 Å². The Kier molecular flexibility index (Phi) is 7.69. The summed E-state index contributed by atoms with van der Waals surface area (Å²) in [5.74, 6) is 0.0995. The Morgan fingerprint density at radius 2 is 1.84 bits per heavy atom. The van der Waals surface area contributed by atoms with Gasteiger partial charge in [0.2, 0.25) is 10.0 Å². The first-order valence-corrected chi connectivity index (χ1v) is 14.1. The van der Waals surface area contributed by atoms with E-state index in [4.69, 9.17) is 11.6 Å². The minimum Gasteiger partial charge on any atom is -0.381 e. The fraction of sp³-hybridized carbons (Fsp3) is 0.476. The number of nitrogens with zero attached hydrogens (tertiary/aromatic N) is 3. The van der Waals surface area contributed by atoms with Crippen LogP contribution in [0.15, 0.2) is 47.6 Å². The fourth-order valence-corrected chi connectivity index (χ4v) is 6.20. The molecule has 0 aliphatic carbocycles. The molecule has 0 bridgehead atoms. The molecule has 2 heterocycles. The van der Waals surface area contributed by atoms with E-state index >= 15 is 0 Å². The molecule has 3 rings (SSSR count). The maximum atomic E-state index is 13.3. The highest BCUT2D eigenvalue weighted by Crippen LogP contribution is 2.27. The summed E-state index contributed by atoms with van der Waals surface area (Å²) in [4.78, 5) is 4.21. The van der Waals surface area contributed by atoms with Gasteiger partial charge in [0, 0.05) is 30.7 Å². The van der Waals surface area contributed by atoms with Crippen molar-refractivity contribution in [3.8, 4) is 0 Å². The molecule has 32 heavy (non-hydrogen) atoms. The first-order valence-electron chi connectivity index (χ1n) is 10.4. The highest BCUT2D eigenvalue weighted by Gasteiger charge is 2.28. The highest BCUT2D eigenvalue weighted by molar-refractivity contribution is 7.92. The topological polar surface area (TPSA) is 99.7 Å². The van der Waals surface area contributed by atoms with Gasteiger partial charge in [-0.3, -0.25) is 4.31 Å². The van der Waals surface area contributed by atoms with Gasteiger partial charge in [0.25, 0.3) is 10.0 Å². The molecular weight excluding hydrogens is 472 g/mol. The zero-order valence-electron chi connectivity index (χ0n) is 18.4. The lowest BCUT2D eigenvalue weighted by molar-refractivity contribution is 0.332. The van der Waals surface area contributed by atoms with Crippen molar-refractivity contribution in [2.75, 3.05) is 35.5 Å². The van der Waals surface area contributed by atoms with Crippen molar-refractivity contribution in [1.29, 1.82) is 0 Å². The minimum atomic E-state index is -3.88. The maximum Gasteiger partial charge on any atom is 0.281 e. The van der Waals surface area contributed by atoms with Crippen LogP contribution in [0.5, 0.6) is 0 Å². The van der Waals surface area contributed by atoms with E-state index in [1.165, 1.54) is 27.1 Å². The number of anilines is 2. The van der Waals surface area contributed by atoms with Crippen LogP contribution >= 0.6 is 11.6 Å². The summed E-state index contributed by atoms with van der Waals surface area (Å²) < 4.78 is 52.8. The number of halogens is 1. The van der Waals surface area contributed by atoms with Gasteiger partial charge in [-0.2, -0.15) is 8.42 Å². The lowest BCUT2D eigenvalue weighted by atomic mass is 10.1. The quantitative estimate of drug-likeness (QED) is 0.596. The largest absolute Gasteiger partial charge is 0.381 e. The van der Waals surface area contributed by atoms with Gasteiger partial charge in [0.15, 0.2) is 5.03 Å². The van der Waals surface area contributed by atoms with Gasteiger partial charge in [-0.1, -0.05) is 31.5 Å². The molecule has 1 aromatic heterocycles. The summed E-state index contributed by atoms with van der Waals surface area (Å²) in [6.07, 6.45) is 4.06. The molecule has 0 spiro atoms. The second-order valence-electron chi connectivity index (χ2n) is 8.38. The summed E-state index contributed by atoms with van der Waals surface area (Å²) in [7, 11) is -7.05. The van der Waals surface area contributed by atoms with Crippen molar-refractivity contribution in [3.63, 3.8) is 0 Å². The van der Waals surface area contributed by atoms with Gasteiger partial charge in [0.05, 0.1) is 23.8 Å². The number of aromatic nitrogens is 1. The molecule has 11 heteroatoms. The Morgan fingerprint density at radius 1 is 1.16 bits per heavy atom. The molecule has 0 amide bonds. The smallest absolute Gasteiger partial charge is 0.281 e.